The number of methoxy groups -OCH3 is 1. The highest BCUT2D eigenvalue weighted by Gasteiger charge is 2.45. The molecule has 5 amide bonds. The number of nitrogens with zero attached hydrogens (tertiary/aromatic N) is 6. The van der Waals surface area contributed by atoms with E-state index in [1.165, 1.54) is 6.07 Å². The summed E-state index contributed by atoms with van der Waals surface area (Å²) in [5, 5.41) is 22.1. The van der Waals surface area contributed by atoms with Crippen molar-refractivity contribution in [3.8, 4) is 16.9 Å². The fraction of sp³-hybridized carbons (Fsp3) is 0.386. The summed E-state index contributed by atoms with van der Waals surface area (Å²) < 4.78 is 24.6. The maximum absolute atomic E-state index is 13.6. The monoisotopic (exact) mass is 873 g/mol. The first kappa shape index (κ1) is 42.1. The molecule has 6 heterocycles. The lowest BCUT2D eigenvalue weighted by molar-refractivity contribution is -0.136. The Balaban J connectivity index is 0.812. The maximum atomic E-state index is 13.6. The van der Waals surface area contributed by atoms with Crippen molar-refractivity contribution < 1.29 is 42.7 Å². The van der Waals surface area contributed by atoms with Crippen LogP contribution in [0.3, 0.4) is 0 Å². The topological polar surface area (TPSA) is 250 Å². The molecule has 332 valence electrons. The van der Waals surface area contributed by atoms with Crippen LogP contribution in [0.4, 0.5) is 17.3 Å². The van der Waals surface area contributed by atoms with Crippen molar-refractivity contribution in [2.24, 2.45) is 0 Å². The van der Waals surface area contributed by atoms with E-state index in [-0.39, 0.29) is 62.8 Å². The maximum Gasteiger partial charge on any atom is 0.289 e. The van der Waals surface area contributed by atoms with Crippen molar-refractivity contribution in [1.82, 2.24) is 45.4 Å². The molecule has 0 bridgehead atoms. The average Bonchev–Trinajstić information content (AvgIpc) is 3.73. The van der Waals surface area contributed by atoms with Gasteiger partial charge in [-0.1, -0.05) is 11.2 Å². The number of aryl methyl sites for hydroxylation is 3. The number of anilines is 3. The zero-order chi connectivity index (χ0) is 44.6. The number of hydrogen-bond donors (Lipinski definition) is 5. The molecular formula is C44H47N11O9. The van der Waals surface area contributed by atoms with E-state index in [9.17, 15) is 24.0 Å². The van der Waals surface area contributed by atoms with Gasteiger partial charge in [-0.3, -0.25) is 34.2 Å². The number of piperidine rings is 1. The van der Waals surface area contributed by atoms with E-state index in [0.29, 0.717) is 53.1 Å². The summed E-state index contributed by atoms with van der Waals surface area (Å²) in [5.41, 5.74) is 5.39. The second-order valence-corrected chi connectivity index (χ2v) is 15.8. The molecule has 2 fully saturated rings. The van der Waals surface area contributed by atoms with Crippen LogP contribution in [0.5, 0.6) is 5.75 Å². The Morgan fingerprint density at radius 2 is 1.73 bits per heavy atom. The normalized spacial score (nSPS) is 16.2. The zero-order valence-corrected chi connectivity index (χ0v) is 35.8. The minimum Gasteiger partial charge on any atom is -0.496 e. The number of hydrogen-bond acceptors (Lipinski definition) is 15. The lowest BCUT2D eigenvalue weighted by Crippen LogP contribution is -2.54. The molecule has 6 aromatic rings. The van der Waals surface area contributed by atoms with Gasteiger partial charge in [0.05, 0.1) is 67.0 Å². The van der Waals surface area contributed by atoms with E-state index in [1.54, 1.807) is 19.2 Å². The van der Waals surface area contributed by atoms with Gasteiger partial charge < -0.3 is 39.7 Å². The van der Waals surface area contributed by atoms with Crippen LogP contribution in [-0.2, 0) is 25.6 Å². The van der Waals surface area contributed by atoms with Gasteiger partial charge >= 0.3 is 0 Å². The van der Waals surface area contributed by atoms with Crippen LogP contribution in [0.1, 0.15) is 87.0 Å². The first-order valence-corrected chi connectivity index (χ1v) is 21.3. The number of H-pyrrole nitrogens is 1. The van der Waals surface area contributed by atoms with Crippen molar-refractivity contribution in [3.63, 3.8) is 0 Å². The third kappa shape index (κ3) is 8.00. The van der Waals surface area contributed by atoms with Crippen molar-refractivity contribution in [3.05, 3.63) is 70.5 Å². The van der Waals surface area contributed by atoms with Crippen LogP contribution in [0, 0.1) is 13.8 Å². The molecule has 0 radical (unpaired) electrons. The molecule has 2 aliphatic heterocycles. The summed E-state index contributed by atoms with van der Waals surface area (Å²) in [5.74, 6) is 0.106. The van der Waals surface area contributed by atoms with Crippen LogP contribution in [0.15, 0.2) is 40.9 Å². The van der Waals surface area contributed by atoms with Gasteiger partial charge in [-0.15, -0.1) is 0 Å². The number of carbonyl (C=O) groups is 5. The number of nitrogens with one attached hydrogen (secondary N) is 5. The molecule has 0 spiro atoms. The van der Waals surface area contributed by atoms with Crippen molar-refractivity contribution in [2.45, 2.75) is 65.0 Å². The highest BCUT2D eigenvalue weighted by Crippen LogP contribution is 2.43. The van der Waals surface area contributed by atoms with Gasteiger partial charge in [-0.2, -0.15) is 5.10 Å². The number of benzene rings is 2. The van der Waals surface area contributed by atoms with E-state index < -0.39 is 35.6 Å². The van der Waals surface area contributed by atoms with Crippen LogP contribution < -0.4 is 26.0 Å². The van der Waals surface area contributed by atoms with Crippen LogP contribution in [-0.4, -0.2) is 117 Å². The summed E-state index contributed by atoms with van der Waals surface area (Å²) in [6, 6.07) is 9.75. The first-order valence-electron chi connectivity index (χ1n) is 21.3. The molecule has 9 rings (SSSR count). The summed E-state index contributed by atoms with van der Waals surface area (Å²) in [6.45, 7) is 7.88. The molecule has 5 N–H and O–H groups in total. The van der Waals surface area contributed by atoms with E-state index in [4.69, 9.17) is 28.8 Å². The summed E-state index contributed by atoms with van der Waals surface area (Å²) in [7, 11) is 1.61. The quantitative estimate of drug-likeness (QED) is 0.0589. The van der Waals surface area contributed by atoms with Gasteiger partial charge in [0.25, 0.3) is 17.7 Å². The predicted octanol–water partition coefficient (Wildman–Crippen LogP) is 4.51. The fourth-order valence-corrected chi connectivity index (χ4v) is 8.28. The summed E-state index contributed by atoms with van der Waals surface area (Å²) in [4.78, 5) is 77.9. The standard InChI is InChI=1S/C44H47N11O9/c1-5-54-33(21-29(52-54)24-9-10-24)48-39-37-26-20-32(61-4)27(35-22(2)53-64-23(35)3)19-30(26)47-38(37)50-40(51-39)42(58)46-14-16-63-18-17-62-15-13-45-28-8-6-7-25-36(28)44(60)55(43(25)59)31-11-12-34(56)49-41(31)57/h6-8,19-21,24,31,45H,5,9-18H2,1-4H3,(H,46,58)(H,49,56,57)(H2,47,48,50,51). The number of ether oxygens (including phenoxy) is 3. The van der Waals surface area contributed by atoms with Gasteiger partial charge in [-0.25, -0.2) is 14.6 Å². The Kier molecular flexibility index (Phi) is 11.5. The van der Waals surface area contributed by atoms with Crippen LogP contribution in [0.25, 0.3) is 33.1 Å². The number of amides is 5. The van der Waals surface area contributed by atoms with E-state index in [1.807, 2.05) is 43.7 Å². The van der Waals surface area contributed by atoms with E-state index in [2.05, 4.69) is 36.4 Å². The highest BCUT2D eigenvalue weighted by molar-refractivity contribution is 6.25. The minimum absolute atomic E-state index is 0.0425. The third-order valence-electron chi connectivity index (χ3n) is 11.6. The molecule has 20 nitrogen and oxygen atoms in total. The molecule has 1 atom stereocenters. The second-order valence-electron chi connectivity index (χ2n) is 15.8. The van der Waals surface area contributed by atoms with Gasteiger partial charge in [0.1, 0.15) is 34.8 Å². The molecule has 20 heteroatoms. The number of imide groups is 2. The number of fused-ring (bicyclic) bond motifs is 4. The number of carbonyl (C=O) groups excluding carboxylic acids is 5. The lowest BCUT2D eigenvalue weighted by Gasteiger charge is -2.27. The summed E-state index contributed by atoms with van der Waals surface area (Å²) >= 11 is 0. The Morgan fingerprint density at radius 1 is 0.938 bits per heavy atom. The fourth-order valence-electron chi connectivity index (χ4n) is 8.28. The number of aromatic amines is 1. The number of rotatable bonds is 18. The van der Waals surface area contributed by atoms with Crippen molar-refractivity contribution in [2.75, 3.05) is 57.3 Å². The van der Waals surface area contributed by atoms with Gasteiger partial charge in [0, 0.05) is 60.2 Å². The SMILES string of the molecule is CCn1nc(C2CC2)cc1Nc1nc(C(=O)NCCOCCOCCNc2cccc3c2C(=O)N(C2CCC(=O)NC2=O)C3=O)nc2[nH]c3cc(-c4c(C)noc4C)c(OC)cc3c12. The zero-order valence-electron chi connectivity index (χ0n) is 35.8. The van der Waals surface area contributed by atoms with Gasteiger partial charge in [0.2, 0.25) is 17.6 Å². The average molecular weight is 874 g/mol. The minimum atomic E-state index is -1.04. The molecule has 1 unspecified atom stereocenters. The lowest BCUT2D eigenvalue weighted by atomic mass is 10.0. The Bertz CT molecular complexity index is 2820. The van der Waals surface area contributed by atoms with Crippen molar-refractivity contribution >= 4 is 68.8 Å². The molecule has 2 aromatic carbocycles. The second kappa shape index (κ2) is 17.5. The van der Waals surface area contributed by atoms with Gasteiger partial charge in [0.15, 0.2) is 0 Å². The molecule has 1 aliphatic carbocycles. The van der Waals surface area contributed by atoms with Gasteiger partial charge in [-0.05, 0) is 64.3 Å². The molecule has 3 aliphatic rings. The third-order valence-corrected chi connectivity index (χ3v) is 11.6. The molecule has 4 aromatic heterocycles. The van der Waals surface area contributed by atoms with Crippen LogP contribution in [0.2, 0.25) is 0 Å². The Labute approximate surface area is 365 Å². The van der Waals surface area contributed by atoms with E-state index in [0.717, 1.165) is 57.0 Å². The number of aromatic nitrogens is 6. The first-order chi connectivity index (χ1) is 31.0. The molecule has 64 heavy (non-hydrogen) atoms. The largest absolute Gasteiger partial charge is 0.496 e. The van der Waals surface area contributed by atoms with E-state index >= 15 is 0 Å². The molecule has 1 saturated carbocycles. The summed E-state index contributed by atoms with van der Waals surface area (Å²) in [6.07, 6.45) is 2.33. The smallest absolute Gasteiger partial charge is 0.289 e. The van der Waals surface area contributed by atoms with Crippen molar-refractivity contribution in [1.29, 1.82) is 0 Å². The molecule has 1 saturated heterocycles. The van der Waals surface area contributed by atoms with Crippen LogP contribution >= 0.6 is 0 Å². The Morgan fingerprint density at radius 3 is 2.45 bits per heavy atom. The molecular weight excluding hydrogens is 827 g/mol. The Hall–Kier alpha value is -7.19. The highest BCUT2D eigenvalue weighted by atomic mass is 16.5. The predicted molar refractivity (Wildman–Crippen MR) is 232 cm³/mol.